The Morgan fingerprint density at radius 1 is 1.39 bits per heavy atom. The van der Waals surface area contributed by atoms with Gasteiger partial charge in [0.05, 0.1) is 6.61 Å². The van der Waals surface area contributed by atoms with Crippen LogP contribution in [0.15, 0.2) is 12.3 Å². The highest BCUT2D eigenvalue weighted by Crippen LogP contribution is 2.29. The van der Waals surface area contributed by atoms with Crippen molar-refractivity contribution in [3.05, 3.63) is 12.3 Å². The Morgan fingerprint density at radius 2 is 2.22 bits per heavy atom. The molecule has 2 atom stereocenters. The van der Waals surface area contributed by atoms with E-state index in [9.17, 15) is 0 Å². The van der Waals surface area contributed by atoms with E-state index in [0.717, 1.165) is 18.4 Å². The first-order valence-corrected chi connectivity index (χ1v) is 6.99. The van der Waals surface area contributed by atoms with Crippen molar-refractivity contribution in [3.8, 4) is 5.88 Å². The fourth-order valence-electron chi connectivity index (χ4n) is 2.57. The maximum Gasteiger partial charge on any atom is 0.225 e. The number of anilines is 1. The summed E-state index contributed by atoms with van der Waals surface area (Å²) in [5.41, 5.74) is 0. The van der Waals surface area contributed by atoms with Crippen LogP contribution in [-0.2, 0) is 0 Å². The lowest BCUT2D eigenvalue weighted by atomic mass is 9.80. The van der Waals surface area contributed by atoms with Crippen molar-refractivity contribution in [2.45, 2.75) is 39.5 Å². The predicted molar refractivity (Wildman–Crippen MR) is 72.8 cm³/mol. The molecule has 0 amide bonds. The van der Waals surface area contributed by atoms with Gasteiger partial charge in [-0.2, -0.15) is 4.98 Å². The molecule has 4 heteroatoms. The Balaban J connectivity index is 1.87. The van der Waals surface area contributed by atoms with Gasteiger partial charge in [-0.15, -0.1) is 0 Å². The van der Waals surface area contributed by atoms with E-state index in [4.69, 9.17) is 4.74 Å². The molecule has 1 saturated carbocycles. The summed E-state index contributed by atoms with van der Waals surface area (Å²) in [5, 5.41) is 3.34. The van der Waals surface area contributed by atoms with Crippen molar-refractivity contribution in [2.75, 3.05) is 18.5 Å². The first-order valence-electron chi connectivity index (χ1n) is 6.99. The largest absolute Gasteiger partial charge is 0.478 e. The standard InChI is InChI=1S/C14H23N3O/c1-3-18-13-8-9-15-14(17-13)16-10-12-7-5-4-6-11(12)2/h8-9,11-12H,3-7,10H2,1-2H3,(H,15,16,17). The highest BCUT2D eigenvalue weighted by atomic mass is 16.5. The molecule has 1 N–H and O–H groups in total. The SMILES string of the molecule is CCOc1ccnc(NCC2CCCCC2C)n1. The van der Waals surface area contributed by atoms with Crippen molar-refractivity contribution in [1.82, 2.24) is 9.97 Å². The van der Waals surface area contributed by atoms with Crippen molar-refractivity contribution >= 4 is 5.95 Å². The minimum atomic E-state index is 0.635. The Morgan fingerprint density at radius 3 is 3.00 bits per heavy atom. The van der Waals surface area contributed by atoms with Crippen LogP contribution >= 0.6 is 0 Å². The molecule has 18 heavy (non-hydrogen) atoms. The van der Waals surface area contributed by atoms with E-state index in [1.54, 1.807) is 12.3 Å². The molecule has 100 valence electrons. The van der Waals surface area contributed by atoms with Crippen LogP contribution in [0.3, 0.4) is 0 Å². The van der Waals surface area contributed by atoms with Crippen molar-refractivity contribution in [2.24, 2.45) is 11.8 Å². The molecule has 2 unspecified atom stereocenters. The molecule has 1 aromatic heterocycles. The maximum atomic E-state index is 5.37. The summed E-state index contributed by atoms with van der Waals surface area (Å²) >= 11 is 0. The topological polar surface area (TPSA) is 47.0 Å². The maximum absolute atomic E-state index is 5.37. The van der Waals surface area contributed by atoms with Gasteiger partial charge in [-0.3, -0.25) is 0 Å². The van der Waals surface area contributed by atoms with Crippen LogP contribution in [0.25, 0.3) is 0 Å². The molecule has 0 spiro atoms. The second-order valence-corrected chi connectivity index (χ2v) is 5.05. The van der Waals surface area contributed by atoms with Crippen LogP contribution in [-0.4, -0.2) is 23.1 Å². The van der Waals surface area contributed by atoms with Gasteiger partial charge in [0, 0.05) is 18.8 Å². The molecular weight excluding hydrogens is 226 g/mol. The quantitative estimate of drug-likeness (QED) is 0.871. The molecule has 1 fully saturated rings. The van der Waals surface area contributed by atoms with Gasteiger partial charge < -0.3 is 10.1 Å². The molecule has 1 heterocycles. The lowest BCUT2D eigenvalue weighted by Crippen LogP contribution is -2.25. The Bertz CT molecular complexity index is 370. The van der Waals surface area contributed by atoms with Crippen molar-refractivity contribution in [3.63, 3.8) is 0 Å². The van der Waals surface area contributed by atoms with Crippen LogP contribution in [0.5, 0.6) is 5.88 Å². The van der Waals surface area contributed by atoms with E-state index in [-0.39, 0.29) is 0 Å². The molecule has 1 aliphatic rings. The summed E-state index contributed by atoms with van der Waals surface area (Å²) in [7, 11) is 0. The van der Waals surface area contributed by atoms with Gasteiger partial charge in [0.2, 0.25) is 11.8 Å². The average molecular weight is 249 g/mol. The third-order valence-electron chi connectivity index (χ3n) is 3.73. The zero-order valence-electron chi connectivity index (χ0n) is 11.4. The van der Waals surface area contributed by atoms with Gasteiger partial charge in [-0.05, 0) is 25.2 Å². The molecule has 0 aromatic carbocycles. The van der Waals surface area contributed by atoms with Crippen molar-refractivity contribution < 1.29 is 4.74 Å². The molecule has 0 aliphatic heterocycles. The van der Waals surface area contributed by atoms with Crippen LogP contribution < -0.4 is 10.1 Å². The van der Waals surface area contributed by atoms with Crippen molar-refractivity contribution in [1.29, 1.82) is 0 Å². The fraction of sp³-hybridized carbons (Fsp3) is 0.714. The summed E-state index contributed by atoms with van der Waals surface area (Å²) in [6.07, 6.45) is 7.15. The highest BCUT2D eigenvalue weighted by molar-refractivity contribution is 5.27. The van der Waals surface area contributed by atoms with Gasteiger partial charge >= 0.3 is 0 Å². The normalized spacial score (nSPS) is 23.7. The zero-order chi connectivity index (χ0) is 12.8. The second-order valence-electron chi connectivity index (χ2n) is 5.05. The Hall–Kier alpha value is -1.32. The molecule has 0 saturated heterocycles. The minimum absolute atomic E-state index is 0.635. The van der Waals surface area contributed by atoms with E-state index in [1.807, 2.05) is 6.92 Å². The first kappa shape index (κ1) is 13.1. The van der Waals surface area contributed by atoms with E-state index < -0.39 is 0 Å². The number of nitrogens with one attached hydrogen (secondary N) is 1. The molecule has 2 rings (SSSR count). The second kappa shape index (κ2) is 6.57. The summed E-state index contributed by atoms with van der Waals surface area (Å²) in [6, 6.07) is 1.79. The molecular formula is C14H23N3O. The Labute approximate surface area is 109 Å². The van der Waals surface area contributed by atoms with Gasteiger partial charge in [-0.25, -0.2) is 4.98 Å². The van der Waals surface area contributed by atoms with Crippen LogP contribution in [0.2, 0.25) is 0 Å². The number of nitrogens with zero attached hydrogens (tertiary/aromatic N) is 2. The van der Waals surface area contributed by atoms with Crippen LogP contribution in [0.1, 0.15) is 39.5 Å². The smallest absolute Gasteiger partial charge is 0.225 e. The number of rotatable bonds is 5. The highest BCUT2D eigenvalue weighted by Gasteiger charge is 2.21. The summed E-state index contributed by atoms with van der Waals surface area (Å²) in [5.74, 6) is 2.88. The number of aromatic nitrogens is 2. The lowest BCUT2D eigenvalue weighted by molar-refractivity contribution is 0.268. The molecule has 0 bridgehead atoms. The van der Waals surface area contributed by atoms with E-state index in [1.165, 1.54) is 25.7 Å². The summed E-state index contributed by atoms with van der Waals surface area (Å²) in [6.45, 7) is 5.91. The third-order valence-corrected chi connectivity index (χ3v) is 3.73. The number of hydrogen-bond acceptors (Lipinski definition) is 4. The Kier molecular flexibility index (Phi) is 4.79. The molecule has 1 aromatic rings. The summed E-state index contributed by atoms with van der Waals surface area (Å²) in [4.78, 5) is 8.56. The molecule has 1 aliphatic carbocycles. The number of hydrogen-bond donors (Lipinski definition) is 1. The van der Waals surface area contributed by atoms with E-state index >= 15 is 0 Å². The third kappa shape index (κ3) is 3.59. The first-order chi connectivity index (χ1) is 8.79. The van der Waals surface area contributed by atoms with E-state index in [0.29, 0.717) is 18.4 Å². The minimum Gasteiger partial charge on any atom is -0.478 e. The van der Waals surface area contributed by atoms with Gasteiger partial charge in [0.1, 0.15) is 0 Å². The van der Waals surface area contributed by atoms with Gasteiger partial charge in [-0.1, -0.05) is 26.2 Å². The number of ether oxygens (including phenoxy) is 1. The monoisotopic (exact) mass is 249 g/mol. The molecule has 0 radical (unpaired) electrons. The lowest BCUT2D eigenvalue weighted by Gasteiger charge is -2.28. The zero-order valence-corrected chi connectivity index (χ0v) is 11.4. The van der Waals surface area contributed by atoms with Crippen LogP contribution in [0.4, 0.5) is 5.95 Å². The van der Waals surface area contributed by atoms with E-state index in [2.05, 4.69) is 22.2 Å². The predicted octanol–water partition coefficient (Wildman–Crippen LogP) is 3.11. The average Bonchev–Trinajstić information content (AvgIpc) is 2.39. The molecule has 4 nitrogen and oxygen atoms in total. The van der Waals surface area contributed by atoms with Gasteiger partial charge in [0.25, 0.3) is 0 Å². The van der Waals surface area contributed by atoms with Crippen LogP contribution in [0, 0.1) is 11.8 Å². The van der Waals surface area contributed by atoms with Gasteiger partial charge in [0.15, 0.2) is 0 Å². The summed E-state index contributed by atoms with van der Waals surface area (Å²) < 4.78 is 5.37. The fourth-order valence-corrected chi connectivity index (χ4v) is 2.57.